The van der Waals surface area contributed by atoms with Gasteiger partial charge in [-0.15, -0.1) is 0 Å². The van der Waals surface area contributed by atoms with Crippen LogP contribution in [-0.2, 0) is 0 Å². The van der Waals surface area contributed by atoms with Crippen molar-refractivity contribution >= 4 is 0 Å². The molecule has 4 rings (SSSR count). The van der Waals surface area contributed by atoms with E-state index in [2.05, 4.69) is 27.7 Å². The van der Waals surface area contributed by atoms with Crippen LogP contribution in [0.1, 0.15) is 59.8 Å². The summed E-state index contributed by atoms with van der Waals surface area (Å²) in [5.41, 5.74) is 1.47. The monoisotopic (exact) mass is 206 g/mol. The van der Waals surface area contributed by atoms with Crippen LogP contribution in [0.3, 0.4) is 0 Å². The first-order valence-electron chi connectivity index (χ1n) is 7.00. The third-order valence-electron chi connectivity index (χ3n) is 6.66. The van der Waals surface area contributed by atoms with Crippen LogP contribution in [0.25, 0.3) is 0 Å². The van der Waals surface area contributed by atoms with Crippen molar-refractivity contribution in [2.75, 3.05) is 0 Å². The topological polar surface area (TPSA) is 0 Å². The van der Waals surface area contributed by atoms with Crippen molar-refractivity contribution in [1.82, 2.24) is 0 Å². The average Bonchev–Trinajstić information content (AvgIpc) is 2.19. The van der Waals surface area contributed by atoms with Gasteiger partial charge in [0.15, 0.2) is 0 Å². The van der Waals surface area contributed by atoms with Gasteiger partial charge in [-0.2, -0.15) is 0 Å². The first kappa shape index (κ1) is 10.2. The summed E-state index contributed by atoms with van der Waals surface area (Å²) in [6.45, 7) is 10.1. The molecule has 0 spiro atoms. The molecule has 0 aromatic heterocycles. The number of hydrogen-bond acceptors (Lipinski definition) is 0. The Labute approximate surface area is 94.8 Å². The molecular weight excluding hydrogens is 180 g/mol. The Morgan fingerprint density at radius 2 is 1.87 bits per heavy atom. The fourth-order valence-corrected chi connectivity index (χ4v) is 5.88. The van der Waals surface area contributed by atoms with E-state index in [1.54, 1.807) is 12.8 Å². The third-order valence-corrected chi connectivity index (χ3v) is 6.66. The lowest BCUT2D eigenvalue weighted by Gasteiger charge is -2.67. The Kier molecular flexibility index (Phi) is 1.91. The van der Waals surface area contributed by atoms with Crippen LogP contribution in [0.4, 0.5) is 0 Å². The molecule has 4 fully saturated rings. The summed E-state index contributed by atoms with van der Waals surface area (Å²) >= 11 is 0. The molecule has 6 atom stereocenters. The molecule has 4 saturated carbocycles. The maximum absolute atomic E-state index is 2.58. The van der Waals surface area contributed by atoms with Crippen molar-refractivity contribution < 1.29 is 0 Å². The Balaban J connectivity index is 2.02. The van der Waals surface area contributed by atoms with Gasteiger partial charge in [0.2, 0.25) is 0 Å². The minimum Gasteiger partial charge on any atom is -0.0648 e. The molecule has 0 aliphatic heterocycles. The lowest BCUT2D eigenvalue weighted by Crippen LogP contribution is -2.58. The molecule has 0 heteroatoms. The van der Waals surface area contributed by atoms with Gasteiger partial charge in [0.25, 0.3) is 0 Å². The molecular formula is C15H26. The molecule has 0 aromatic carbocycles. The second-order valence-electron chi connectivity index (χ2n) is 7.39. The van der Waals surface area contributed by atoms with Crippen LogP contribution in [0, 0.1) is 34.5 Å². The van der Waals surface area contributed by atoms with E-state index < -0.39 is 0 Å². The number of rotatable bonds is 1. The van der Waals surface area contributed by atoms with E-state index in [9.17, 15) is 0 Å². The molecule has 0 nitrogen and oxygen atoms in total. The zero-order chi connectivity index (χ0) is 10.8. The molecule has 6 unspecified atom stereocenters. The summed E-state index contributed by atoms with van der Waals surface area (Å²) < 4.78 is 0. The highest BCUT2D eigenvalue weighted by atomic mass is 14.7. The molecule has 0 aromatic rings. The first-order chi connectivity index (χ1) is 7.00. The molecule has 0 amide bonds. The van der Waals surface area contributed by atoms with Gasteiger partial charge in [-0.25, -0.2) is 0 Å². The largest absolute Gasteiger partial charge is 0.0648 e. The summed E-state index contributed by atoms with van der Waals surface area (Å²) in [6.07, 6.45) is 7.60. The van der Waals surface area contributed by atoms with Crippen molar-refractivity contribution in [1.29, 1.82) is 0 Å². The van der Waals surface area contributed by atoms with Crippen molar-refractivity contribution in [3.8, 4) is 0 Å². The van der Waals surface area contributed by atoms with Crippen molar-refractivity contribution in [2.45, 2.75) is 59.8 Å². The molecule has 0 N–H and O–H groups in total. The minimum atomic E-state index is 0.725. The summed E-state index contributed by atoms with van der Waals surface area (Å²) in [5, 5.41) is 0. The standard InChI is InChI=1S/C15H26/c1-5-15-7-12-6-14(4,9-15)8-13(10(12)2)11(15)3/h10-13H,5-9H2,1-4H3. The normalized spacial score (nSPS) is 62.4. The fraction of sp³-hybridized carbons (Fsp3) is 1.00. The van der Waals surface area contributed by atoms with Crippen LogP contribution >= 0.6 is 0 Å². The van der Waals surface area contributed by atoms with E-state index in [-0.39, 0.29) is 0 Å². The molecule has 0 saturated heterocycles. The zero-order valence-electron chi connectivity index (χ0n) is 10.8. The predicted octanol–water partition coefficient (Wildman–Crippen LogP) is 4.49. The van der Waals surface area contributed by atoms with E-state index in [1.807, 2.05) is 0 Å². The zero-order valence-corrected chi connectivity index (χ0v) is 10.8. The summed E-state index contributed by atoms with van der Waals surface area (Å²) in [7, 11) is 0. The molecule has 0 heterocycles. The quantitative estimate of drug-likeness (QED) is 0.593. The first-order valence-corrected chi connectivity index (χ1v) is 7.00. The SMILES string of the molecule is CCC12CC3CC(C)(CC(C3C)C1C)C2. The minimum absolute atomic E-state index is 0.725. The van der Waals surface area contributed by atoms with E-state index in [0.717, 1.165) is 34.5 Å². The van der Waals surface area contributed by atoms with Crippen molar-refractivity contribution in [2.24, 2.45) is 34.5 Å². The van der Waals surface area contributed by atoms with E-state index >= 15 is 0 Å². The molecule has 4 aliphatic carbocycles. The highest BCUT2D eigenvalue weighted by Gasteiger charge is 2.60. The molecule has 4 aliphatic rings. The van der Waals surface area contributed by atoms with Crippen LogP contribution < -0.4 is 0 Å². The van der Waals surface area contributed by atoms with Crippen LogP contribution in [0.15, 0.2) is 0 Å². The molecule has 4 bridgehead atoms. The van der Waals surface area contributed by atoms with Crippen molar-refractivity contribution in [3.05, 3.63) is 0 Å². The number of hydrogen-bond donors (Lipinski definition) is 0. The van der Waals surface area contributed by atoms with Gasteiger partial charge >= 0.3 is 0 Å². The summed E-state index contributed by atoms with van der Waals surface area (Å²) in [5.74, 6) is 4.14. The maximum Gasteiger partial charge on any atom is -0.0264 e. The summed E-state index contributed by atoms with van der Waals surface area (Å²) in [4.78, 5) is 0. The average molecular weight is 206 g/mol. The predicted molar refractivity (Wildman–Crippen MR) is 64.6 cm³/mol. The van der Waals surface area contributed by atoms with Gasteiger partial charge in [0.1, 0.15) is 0 Å². The Hall–Kier alpha value is 0. The maximum atomic E-state index is 2.58. The molecule has 86 valence electrons. The Morgan fingerprint density at radius 3 is 2.53 bits per heavy atom. The van der Waals surface area contributed by atoms with Gasteiger partial charge in [-0.3, -0.25) is 0 Å². The van der Waals surface area contributed by atoms with E-state index in [0.29, 0.717) is 0 Å². The van der Waals surface area contributed by atoms with Crippen LogP contribution in [0.2, 0.25) is 0 Å². The van der Waals surface area contributed by atoms with Gasteiger partial charge in [-0.1, -0.05) is 34.1 Å². The molecule has 0 radical (unpaired) electrons. The van der Waals surface area contributed by atoms with Crippen LogP contribution in [-0.4, -0.2) is 0 Å². The Bertz CT molecular complexity index is 282. The van der Waals surface area contributed by atoms with Gasteiger partial charge in [0.05, 0.1) is 0 Å². The second-order valence-corrected chi connectivity index (χ2v) is 7.39. The van der Waals surface area contributed by atoms with Crippen LogP contribution in [0.5, 0.6) is 0 Å². The van der Waals surface area contributed by atoms with E-state index in [4.69, 9.17) is 0 Å². The highest BCUT2D eigenvalue weighted by molar-refractivity contribution is 5.10. The van der Waals surface area contributed by atoms with Gasteiger partial charge in [0, 0.05) is 0 Å². The smallest absolute Gasteiger partial charge is 0.0264 e. The lowest BCUT2D eigenvalue weighted by molar-refractivity contribution is -0.173. The summed E-state index contributed by atoms with van der Waals surface area (Å²) in [6, 6.07) is 0. The van der Waals surface area contributed by atoms with Gasteiger partial charge in [-0.05, 0) is 60.2 Å². The van der Waals surface area contributed by atoms with Crippen molar-refractivity contribution in [3.63, 3.8) is 0 Å². The lowest BCUT2D eigenvalue weighted by atomic mass is 9.38. The molecule has 15 heavy (non-hydrogen) atoms. The van der Waals surface area contributed by atoms with E-state index in [1.165, 1.54) is 19.3 Å². The van der Waals surface area contributed by atoms with Gasteiger partial charge < -0.3 is 0 Å². The third kappa shape index (κ3) is 1.14. The second kappa shape index (κ2) is 2.81. The fourth-order valence-electron chi connectivity index (χ4n) is 5.88. The Morgan fingerprint density at radius 1 is 1.13 bits per heavy atom. The highest BCUT2D eigenvalue weighted by Crippen LogP contribution is 2.69.